The van der Waals surface area contributed by atoms with Gasteiger partial charge in [-0.25, -0.2) is 4.79 Å². The number of nitrogens with zero attached hydrogens (tertiary/aromatic N) is 2. The summed E-state index contributed by atoms with van der Waals surface area (Å²) in [5.74, 6) is 0.694. The molecule has 1 fully saturated rings. The first kappa shape index (κ1) is 32.6. The van der Waals surface area contributed by atoms with Crippen LogP contribution in [0.4, 0.5) is 4.79 Å². The highest BCUT2D eigenvalue weighted by Gasteiger charge is 2.38. The Hall–Kier alpha value is -4.79. The molecule has 3 aromatic rings. The molecule has 0 unspecified atom stereocenters. The summed E-state index contributed by atoms with van der Waals surface area (Å²) >= 11 is 0. The van der Waals surface area contributed by atoms with Crippen molar-refractivity contribution in [1.29, 1.82) is 0 Å². The second-order valence-electron chi connectivity index (χ2n) is 12.7. The van der Waals surface area contributed by atoms with Gasteiger partial charge in [-0.2, -0.15) is 0 Å². The first-order chi connectivity index (χ1) is 22.0. The third-order valence-corrected chi connectivity index (χ3v) is 8.00. The zero-order chi connectivity index (χ0) is 32.8. The molecule has 1 aliphatic heterocycles. The molecule has 0 aromatic heterocycles. The molecule has 46 heavy (non-hydrogen) atoms. The molecule has 1 aliphatic carbocycles. The SMILES string of the molecule is CNC(=O)COc1cc(CN(C(=O)C2=C(c3cccc(-c4ccccc4)c3)CCN(C(=O)OC(C)(C)C)C2)C2CC2)cc(OC)c1. The second-order valence-corrected chi connectivity index (χ2v) is 12.7. The molecular weight excluding hydrogens is 582 g/mol. The van der Waals surface area contributed by atoms with E-state index >= 15 is 0 Å². The average molecular weight is 626 g/mol. The van der Waals surface area contributed by atoms with E-state index in [1.54, 1.807) is 25.1 Å². The molecule has 1 heterocycles. The number of carbonyl (C=O) groups is 3. The van der Waals surface area contributed by atoms with E-state index in [9.17, 15) is 14.4 Å². The quantitative estimate of drug-likeness (QED) is 0.294. The van der Waals surface area contributed by atoms with Gasteiger partial charge in [0.1, 0.15) is 17.1 Å². The van der Waals surface area contributed by atoms with Crippen LogP contribution in [-0.4, -0.2) is 73.2 Å². The number of nitrogens with one attached hydrogen (secondary N) is 1. The van der Waals surface area contributed by atoms with E-state index in [-0.39, 0.29) is 31.0 Å². The normalized spacial score (nSPS) is 14.8. The fourth-order valence-corrected chi connectivity index (χ4v) is 5.54. The Morgan fingerprint density at radius 2 is 1.61 bits per heavy atom. The minimum absolute atomic E-state index is 0.0789. The third kappa shape index (κ3) is 8.27. The lowest BCUT2D eigenvalue weighted by atomic mass is 9.90. The van der Waals surface area contributed by atoms with Gasteiger partial charge in [0.15, 0.2) is 6.61 Å². The first-order valence-corrected chi connectivity index (χ1v) is 15.7. The van der Waals surface area contributed by atoms with E-state index < -0.39 is 11.7 Å². The average Bonchev–Trinajstić information content (AvgIpc) is 3.90. The Bertz CT molecular complexity index is 1610. The highest BCUT2D eigenvalue weighted by Crippen LogP contribution is 2.36. The van der Waals surface area contributed by atoms with Crippen LogP contribution in [0.2, 0.25) is 0 Å². The van der Waals surface area contributed by atoms with Crippen molar-refractivity contribution >= 4 is 23.5 Å². The Morgan fingerprint density at radius 1 is 0.913 bits per heavy atom. The molecule has 1 N–H and O–H groups in total. The second kappa shape index (κ2) is 14.1. The summed E-state index contributed by atoms with van der Waals surface area (Å²) in [7, 11) is 3.12. The van der Waals surface area contributed by atoms with Gasteiger partial charge in [-0.15, -0.1) is 0 Å². The molecular formula is C37H43N3O6. The molecule has 9 nitrogen and oxygen atoms in total. The number of methoxy groups -OCH3 is 1. The monoisotopic (exact) mass is 625 g/mol. The van der Waals surface area contributed by atoms with Crippen molar-refractivity contribution in [1.82, 2.24) is 15.1 Å². The Morgan fingerprint density at radius 3 is 2.28 bits per heavy atom. The van der Waals surface area contributed by atoms with Gasteiger partial charge in [0, 0.05) is 37.8 Å². The zero-order valence-electron chi connectivity index (χ0n) is 27.3. The fourth-order valence-electron chi connectivity index (χ4n) is 5.54. The molecule has 0 bridgehead atoms. The van der Waals surface area contributed by atoms with Crippen molar-refractivity contribution in [2.75, 3.05) is 33.9 Å². The summed E-state index contributed by atoms with van der Waals surface area (Å²) in [5, 5.41) is 2.55. The maximum absolute atomic E-state index is 14.6. The zero-order valence-corrected chi connectivity index (χ0v) is 27.3. The highest BCUT2D eigenvalue weighted by atomic mass is 16.6. The van der Waals surface area contributed by atoms with Crippen LogP contribution in [0.15, 0.2) is 78.4 Å². The van der Waals surface area contributed by atoms with E-state index in [1.165, 1.54) is 0 Å². The summed E-state index contributed by atoms with van der Waals surface area (Å²) in [5.41, 5.74) is 4.82. The van der Waals surface area contributed by atoms with Crippen LogP contribution in [0.25, 0.3) is 16.7 Å². The molecule has 0 atom stereocenters. The van der Waals surface area contributed by atoms with E-state index in [1.807, 2.05) is 68.1 Å². The van der Waals surface area contributed by atoms with Gasteiger partial charge in [0.25, 0.3) is 11.8 Å². The van der Waals surface area contributed by atoms with E-state index in [4.69, 9.17) is 14.2 Å². The van der Waals surface area contributed by atoms with Gasteiger partial charge in [-0.05, 0) is 86.1 Å². The molecule has 2 aliphatic rings. The molecule has 242 valence electrons. The molecule has 0 saturated heterocycles. The Labute approximate surface area is 271 Å². The molecule has 5 rings (SSSR count). The topological polar surface area (TPSA) is 97.4 Å². The summed E-state index contributed by atoms with van der Waals surface area (Å²) < 4.78 is 16.9. The summed E-state index contributed by atoms with van der Waals surface area (Å²) in [6.45, 7) is 6.31. The minimum atomic E-state index is -0.654. The Balaban J connectivity index is 1.50. The molecule has 3 amide bonds. The van der Waals surface area contributed by atoms with Gasteiger partial charge in [0.2, 0.25) is 0 Å². The van der Waals surface area contributed by atoms with Crippen molar-refractivity contribution in [3.63, 3.8) is 0 Å². The number of hydrogen-bond donors (Lipinski definition) is 1. The van der Waals surface area contributed by atoms with E-state index in [0.29, 0.717) is 36.6 Å². The maximum Gasteiger partial charge on any atom is 0.410 e. The van der Waals surface area contributed by atoms with Crippen LogP contribution in [0.1, 0.15) is 51.2 Å². The fraction of sp³-hybridized carbons (Fsp3) is 0.378. The predicted molar refractivity (Wildman–Crippen MR) is 177 cm³/mol. The van der Waals surface area contributed by atoms with Crippen LogP contribution in [0.5, 0.6) is 11.5 Å². The van der Waals surface area contributed by atoms with E-state index in [0.717, 1.165) is 40.7 Å². The van der Waals surface area contributed by atoms with E-state index in [2.05, 4.69) is 29.6 Å². The Kier molecular flexibility index (Phi) is 9.99. The number of benzene rings is 3. The van der Waals surface area contributed by atoms with Gasteiger partial charge in [-0.1, -0.05) is 48.5 Å². The minimum Gasteiger partial charge on any atom is -0.497 e. The molecule has 9 heteroatoms. The lowest BCUT2D eigenvalue weighted by molar-refractivity contribution is -0.128. The largest absolute Gasteiger partial charge is 0.497 e. The van der Waals surface area contributed by atoms with Crippen molar-refractivity contribution in [2.24, 2.45) is 0 Å². The van der Waals surface area contributed by atoms with Crippen LogP contribution >= 0.6 is 0 Å². The summed E-state index contributed by atoms with van der Waals surface area (Å²) in [6, 6.07) is 23.9. The summed E-state index contributed by atoms with van der Waals surface area (Å²) in [6.07, 6.45) is 1.89. The standard InChI is InChI=1S/C37H43N3O6/c1-37(2,3)46-36(43)39-17-16-32(28-13-9-12-27(20-28)26-10-7-6-8-11-26)33(23-39)35(42)40(29-14-15-29)22-25-18-30(44-5)21-31(19-25)45-24-34(41)38-4/h6-13,18-21,29H,14-17,22-24H2,1-5H3,(H,38,41). The van der Waals surface area contributed by atoms with Gasteiger partial charge in [0.05, 0.1) is 13.7 Å². The number of hydrogen-bond acceptors (Lipinski definition) is 6. The van der Waals surface area contributed by atoms with Crippen molar-refractivity contribution < 1.29 is 28.6 Å². The summed E-state index contributed by atoms with van der Waals surface area (Å²) in [4.78, 5) is 43.2. The maximum atomic E-state index is 14.6. The van der Waals surface area contributed by atoms with Crippen LogP contribution in [0, 0.1) is 0 Å². The van der Waals surface area contributed by atoms with Crippen LogP contribution in [0.3, 0.4) is 0 Å². The number of rotatable bonds is 10. The van der Waals surface area contributed by atoms with Crippen molar-refractivity contribution in [2.45, 2.75) is 58.2 Å². The number of likely N-dealkylation sites (N-methyl/N-ethyl adjacent to an activating group) is 1. The van der Waals surface area contributed by atoms with Crippen molar-refractivity contribution in [3.8, 4) is 22.6 Å². The lowest BCUT2D eigenvalue weighted by Crippen LogP contribution is -2.44. The number of carbonyl (C=O) groups excluding carboxylic acids is 3. The first-order valence-electron chi connectivity index (χ1n) is 15.7. The number of amides is 3. The van der Waals surface area contributed by atoms with Crippen molar-refractivity contribution in [3.05, 3.63) is 89.5 Å². The van der Waals surface area contributed by atoms with Crippen LogP contribution < -0.4 is 14.8 Å². The van der Waals surface area contributed by atoms with Gasteiger partial charge >= 0.3 is 6.09 Å². The lowest BCUT2D eigenvalue weighted by Gasteiger charge is -2.34. The third-order valence-electron chi connectivity index (χ3n) is 8.00. The molecule has 0 spiro atoms. The number of ether oxygens (including phenoxy) is 3. The molecule has 3 aromatic carbocycles. The van der Waals surface area contributed by atoms with Gasteiger partial charge in [-0.3, -0.25) is 9.59 Å². The predicted octanol–water partition coefficient (Wildman–Crippen LogP) is 6.07. The van der Waals surface area contributed by atoms with Gasteiger partial charge < -0.3 is 29.3 Å². The smallest absolute Gasteiger partial charge is 0.410 e. The van der Waals surface area contributed by atoms with Crippen LogP contribution in [-0.2, 0) is 20.9 Å². The highest BCUT2D eigenvalue weighted by molar-refractivity contribution is 6.03. The molecule has 1 saturated carbocycles. The molecule has 0 radical (unpaired) electrons.